The fraction of sp³-hybridized carbons (Fsp3) is 0.348. The second kappa shape index (κ2) is 9.22. The number of benzene rings is 2. The third-order valence-electron chi connectivity index (χ3n) is 5.73. The van der Waals surface area contributed by atoms with Crippen molar-refractivity contribution in [3.63, 3.8) is 0 Å². The van der Waals surface area contributed by atoms with Gasteiger partial charge >= 0.3 is 0 Å². The number of hydrogen-bond donors (Lipinski definition) is 2. The number of nitrogens with zero attached hydrogens (tertiary/aromatic N) is 3. The number of thioether (sulfide) groups is 1. The molecule has 2 N–H and O–H groups in total. The van der Waals surface area contributed by atoms with E-state index >= 15 is 0 Å². The lowest BCUT2D eigenvalue weighted by Crippen LogP contribution is -2.45. The number of methoxy groups -OCH3 is 1. The second-order valence-electron chi connectivity index (χ2n) is 7.81. The molecule has 0 spiro atoms. The maximum absolute atomic E-state index is 13.2. The highest BCUT2D eigenvalue weighted by Crippen LogP contribution is 2.38. The summed E-state index contributed by atoms with van der Waals surface area (Å²) in [6, 6.07) is 17.4. The number of nitrogens with one attached hydrogen (secondary N) is 2. The van der Waals surface area contributed by atoms with E-state index in [1.165, 1.54) is 11.8 Å². The summed E-state index contributed by atoms with van der Waals surface area (Å²) >= 11 is 1.42. The summed E-state index contributed by atoms with van der Waals surface area (Å²) in [7, 11) is 1.64. The summed E-state index contributed by atoms with van der Waals surface area (Å²) in [4.78, 5) is 13.2. The molecule has 2 aliphatic heterocycles. The van der Waals surface area contributed by atoms with Crippen LogP contribution < -0.4 is 15.5 Å². The van der Waals surface area contributed by atoms with E-state index in [1.807, 2.05) is 59.3 Å². The van der Waals surface area contributed by atoms with Crippen molar-refractivity contribution < 1.29 is 14.3 Å². The van der Waals surface area contributed by atoms with Gasteiger partial charge in [-0.1, -0.05) is 54.2 Å². The molecule has 0 bridgehead atoms. The molecule has 3 heterocycles. The van der Waals surface area contributed by atoms with Crippen LogP contribution in [0.15, 0.2) is 59.8 Å². The number of hydrogen-bond acceptors (Lipinski definition) is 7. The van der Waals surface area contributed by atoms with E-state index in [4.69, 9.17) is 9.47 Å². The lowest BCUT2D eigenvalue weighted by Gasteiger charge is -2.33. The molecule has 2 aromatic carbocycles. The van der Waals surface area contributed by atoms with Crippen molar-refractivity contribution in [2.45, 2.75) is 35.4 Å². The fourth-order valence-electron chi connectivity index (χ4n) is 4.01. The first-order valence-corrected chi connectivity index (χ1v) is 11.6. The first kappa shape index (κ1) is 20.8. The van der Waals surface area contributed by atoms with Crippen LogP contribution in [0.1, 0.15) is 24.4 Å². The Balaban J connectivity index is 1.44. The van der Waals surface area contributed by atoms with Gasteiger partial charge < -0.3 is 20.2 Å². The lowest BCUT2D eigenvalue weighted by molar-refractivity contribution is -0.121. The molecule has 1 saturated heterocycles. The van der Waals surface area contributed by atoms with Crippen LogP contribution in [0.2, 0.25) is 0 Å². The maximum Gasteiger partial charge on any atom is 0.236 e. The van der Waals surface area contributed by atoms with Crippen LogP contribution in [0.25, 0.3) is 11.4 Å². The van der Waals surface area contributed by atoms with Gasteiger partial charge in [0, 0.05) is 18.7 Å². The third kappa shape index (κ3) is 4.18. The Labute approximate surface area is 190 Å². The molecule has 9 heteroatoms. The van der Waals surface area contributed by atoms with Crippen LogP contribution >= 0.6 is 11.8 Å². The smallest absolute Gasteiger partial charge is 0.236 e. The molecule has 3 aromatic rings. The molecule has 5 rings (SSSR count). The molecule has 0 aliphatic carbocycles. The Morgan fingerprint density at radius 3 is 2.75 bits per heavy atom. The van der Waals surface area contributed by atoms with E-state index < -0.39 is 5.25 Å². The zero-order valence-electron chi connectivity index (χ0n) is 17.7. The first-order valence-electron chi connectivity index (χ1n) is 10.7. The lowest BCUT2D eigenvalue weighted by atomic mass is 10.0. The van der Waals surface area contributed by atoms with E-state index in [1.54, 1.807) is 7.11 Å². The average Bonchev–Trinajstić information content (AvgIpc) is 3.52. The quantitative estimate of drug-likeness (QED) is 0.595. The van der Waals surface area contributed by atoms with Crippen LogP contribution in [-0.2, 0) is 9.53 Å². The van der Waals surface area contributed by atoms with Crippen molar-refractivity contribution in [2.75, 3.05) is 25.7 Å². The van der Waals surface area contributed by atoms with E-state index in [0.29, 0.717) is 17.5 Å². The van der Waals surface area contributed by atoms with Crippen LogP contribution in [0.4, 0.5) is 0 Å². The molecule has 166 valence electrons. The van der Waals surface area contributed by atoms with Gasteiger partial charge in [0.1, 0.15) is 11.0 Å². The second-order valence-corrected chi connectivity index (χ2v) is 8.91. The largest absolute Gasteiger partial charge is 0.497 e. The van der Waals surface area contributed by atoms with Gasteiger partial charge in [0.15, 0.2) is 5.82 Å². The minimum Gasteiger partial charge on any atom is -0.497 e. The SMILES string of the molecule is COc1ccc([C@@H]2Nn3c(nnc3-c3ccccc3)S[C@@H]2C(=O)NC[C@@H]2CCCO2)cc1. The summed E-state index contributed by atoms with van der Waals surface area (Å²) in [6.45, 7) is 1.29. The van der Waals surface area contributed by atoms with Gasteiger partial charge in [0.05, 0.1) is 19.3 Å². The van der Waals surface area contributed by atoms with Crippen molar-refractivity contribution in [2.24, 2.45) is 0 Å². The third-order valence-corrected chi connectivity index (χ3v) is 6.95. The highest BCUT2D eigenvalue weighted by atomic mass is 32.2. The molecule has 1 fully saturated rings. The predicted octanol–water partition coefficient (Wildman–Crippen LogP) is 3.01. The average molecular weight is 452 g/mol. The normalized spacial score (nSPS) is 22.1. The standard InChI is InChI=1S/C23H25N5O3S/c1-30-17-11-9-15(10-12-17)19-20(22(29)24-14-18-8-5-13-31-18)32-23-26-25-21(28(23)27-19)16-6-3-2-4-7-16/h2-4,6-7,9-12,18-20,27H,5,8,13-14H2,1H3,(H,24,29)/t18-,19-,20-/m0/s1. The highest BCUT2D eigenvalue weighted by molar-refractivity contribution is 8.00. The van der Waals surface area contributed by atoms with Gasteiger partial charge in [-0.05, 0) is 30.5 Å². The minimum absolute atomic E-state index is 0.0469. The molecule has 1 aromatic heterocycles. The minimum atomic E-state index is -0.412. The van der Waals surface area contributed by atoms with Crippen molar-refractivity contribution >= 4 is 17.7 Å². The molecule has 0 radical (unpaired) electrons. The molecular weight excluding hydrogens is 426 g/mol. The first-order chi connectivity index (χ1) is 15.7. The number of amides is 1. The zero-order valence-corrected chi connectivity index (χ0v) is 18.5. The number of carbonyl (C=O) groups is 1. The summed E-state index contributed by atoms with van der Waals surface area (Å²) in [5.41, 5.74) is 5.43. The Hall–Kier alpha value is -3.04. The molecule has 3 atom stereocenters. The molecule has 1 amide bonds. The van der Waals surface area contributed by atoms with Gasteiger partial charge in [0.2, 0.25) is 11.1 Å². The number of fused-ring (bicyclic) bond motifs is 1. The van der Waals surface area contributed by atoms with Gasteiger partial charge in [-0.15, -0.1) is 10.2 Å². The van der Waals surface area contributed by atoms with E-state index in [9.17, 15) is 4.79 Å². The monoisotopic (exact) mass is 451 g/mol. The van der Waals surface area contributed by atoms with Gasteiger partial charge in [-0.25, -0.2) is 4.68 Å². The van der Waals surface area contributed by atoms with Crippen molar-refractivity contribution in [3.8, 4) is 17.1 Å². The summed E-state index contributed by atoms with van der Waals surface area (Å²) < 4.78 is 12.8. The molecular formula is C23H25N5O3S. The van der Waals surface area contributed by atoms with Crippen LogP contribution in [0.5, 0.6) is 5.75 Å². The number of aromatic nitrogens is 3. The van der Waals surface area contributed by atoms with Crippen molar-refractivity contribution in [3.05, 3.63) is 60.2 Å². The Kier molecular flexibility index (Phi) is 6.00. The summed E-state index contributed by atoms with van der Waals surface area (Å²) in [5.74, 6) is 1.44. The Morgan fingerprint density at radius 2 is 2.03 bits per heavy atom. The number of ether oxygens (including phenoxy) is 2. The zero-order chi connectivity index (χ0) is 21.9. The molecule has 2 aliphatic rings. The van der Waals surface area contributed by atoms with Crippen LogP contribution in [0, 0.1) is 0 Å². The summed E-state index contributed by atoms with van der Waals surface area (Å²) in [6.07, 6.45) is 2.11. The van der Waals surface area contributed by atoms with Gasteiger partial charge in [-0.2, -0.15) is 0 Å². The topological polar surface area (TPSA) is 90.3 Å². The van der Waals surface area contributed by atoms with Crippen molar-refractivity contribution in [1.29, 1.82) is 0 Å². The van der Waals surface area contributed by atoms with E-state index in [2.05, 4.69) is 20.9 Å². The van der Waals surface area contributed by atoms with Crippen LogP contribution in [-0.4, -0.2) is 52.4 Å². The molecule has 32 heavy (non-hydrogen) atoms. The van der Waals surface area contributed by atoms with E-state index in [0.717, 1.165) is 36.3 Å². The predicted molar refractivity (Wildman–Crippen MR) is 122 cm³/mol. The van der Waals surface area contributed by atoms with E-state index in [-0.39, 0.29) is 18.1 Å². The summed E-state index contributed by atoms with van der Waals surface area (Å²) in [5, 5.41) is 12.1. The number of carbonyl (C=O) groups excluding carboxylic acids is 1. The molecule has 0 unspecified atom stereocenters. The van der Waals surface area contributed by atoms with Gasteiger partial charge in [-0.3, -0.25) is 4.79 Å². The van der Waals surface area contributed by atoms with Crippen molar-refractivity contribution in [1.82, 2.24) is 20.2 Å². The van der Waals surface area contributed by atoms with Gasteiger partial charge in [0.25, 0.3) is 0 Å². The molecule has 8 nitrogen and oxygen atoms in total. The maximum atomic E-state index is 13.2. The van der Waals surface area contributed by atoms with Crippen LogP contribution in [0.3, 0.4) is 0 Å². The molecule has 0 saturated carbocycles. The Bertz CT molecular complexity index is 1070. The highest BCUT2D eigenvalue weighted by Gasteiger charge is 2.38. The fourth-order valence-corrected chi connectivity index (χ4v) is 5.12. The number of rotatable bonds is 6. The Morgan fingerprint density at radius 1 is 1.22 bits per heavy atom.